The molecule has 6 heteroatoms. The van der Waals surface area contributed by atoms with Gasteiger partial charge in [0.15, 0.2) is 0 Å². The van der Waals surface area contributed by atoms with E-state index in [-0.39, 0.29) is 11.8 Å². The minimum atomic E-state index is -3.25. The molecule has 0 spiro atoms. The van der Waals surface area contributed by atoms with Gasteiger partial charge >= 0.3 is 0 Å². The van der Waals surface area contributed by atoms with Gasteiger partial charge in [0.25, 0.3) is 0 Å². The van der Waals surface area contributed by atoms with E-state index in [1.165, 1.54) is 16.1 Å². The lowest BCUT2D eigenvalue weighted by Gasteiger charge is -2.24. The Morgan fingerprint density at radius 1 is 1.35 bits per heavy atom. The first-order valence-electron chi connectivity index (χ1n) is 6.45. The first-order chi connectivity index (χ1) is 9.36. The van der Waals surface area contributed by atoms with Crippen molar-refractivity contribution in [3.8, 4) is 0 Å². The van der Waals surface area contributed by atoms with E-state index in [0.29, 0.717) is 18.0 Å². The van der Waals surface area contributed by atoms with E-state index in [9.17, 15) is 8.42 Å². The summed E-state index contributed by atoms with van der Waals surface area (Å²) in [7, 11) is -3.25. The summed E-state index contributed by atoms with van der Waals surface area (Å²) in [5.41, 5.74) is 6.32. The molecule has 1 rings (SSSR count). The zero-order valence-electron chi connectivity index (χ0n) is 12.0. The van der Waals surface area contributed by atoms with Crippen molar-refractivity contribution in [2.24, 2.45) is 0 Å². The number of rotatable bonds is 8. The van der Waals surface area contributed by atoms with Crippen molar-refractivity contribution in [2.45, 2.75) is 24.8 Å². The van der Waals surface area contributed by atoms with Gasteiger partial charge in [-0.2, -0.15) is 4.31 Å². The average molecular weight is 314 g/mol. The van der Waals surface area contributed by atoms with Gasteiger partial charge in [0, 0.05) is 28.9 Å². The van der Waals surface area contributed by atoms with Crippen LogP contribution in [0.2, 0.25) is 0 Å². The molecule has 0 saturated heterocycles. The normalized spacial score (nSPS) is 12.0. The maximum absolute atomic E-state index is 12.3. The fraction of sp³-hybridized carbons (Fsp3) is 0.429. The summed E-state index contributed by atoms with van der Waals surface area (Å²) in [4.78, 5) is 1.02. The molecule has 0 radical (unpaired) electrons. The predicted octanol–water partition coefficient (Wildman–Crippen LogP) is 2.59. The number of anilines is 1. The molecular formula is C14H22N2O2S2. The Bertz CT molecular complexity index is 525. The first-order valence-corrected chi connectivity index (χ1v) is 9.05. The van der Waals surface area contributed by atoms with Crippen molar-refractivity contribution < 1.29 is 8.42 Å². The fourth-order valence-electron chi connectivity index (χ4n) is 1.72. The largest absolute Gasteiger partial charge is 0.399 e. The van der Waals surface area contributed by atoms with Crippen LogP contribution in [0.1, 0.15) is 13.8 Å². The number of benzene rings is 1. The quantitative estimate of drug-likeness (QED) is 0.455. The molecule has 0 aromatic heterocycles. The van der Waals surface area contributed by atoms with Crippen LogP contribution in [0, 0.1) is 0 Å². The number of sulfonamides is 1. The van der Waals surface area contributed by atoms with Crippen molar-refractivity contribution in [1.82, 2.24) is 4.31 Å². The van der Waals surface area contributed by atoms with Crippen LogP contribution in [0.4, 0.5) is 5.69 Å². The van der Waals surface area contributed by atoms with E-state index in [4.69, 9.17) is 5.73 Å². The van der Waals surface area contributed by atoms with Crippen LogP contribution in [0.5, 0.6) is 0 Å². The third-order valence-corrected chi connectivity index (χ3v) is 6.01. The number of thioether (sulfide) groups is 1. The number of nitrogens with two attached hydrogens (primary N) is 1. The fourth-order valence-corrected chi connectivity index (χ4v) is 4.67. The van der Waals surface area contributed by atoms with Crippen LogP contribution in [0.25, 0.3) is 0 Å². The van der Waals surface area contributed by atoms with Gasteiger partial charge in [-0.25, -0.2) is 8.42 Å². The molecule has 0 saturated carbocycles. The van der Waals surface area contributed by atoms with Crippen molar-refractivity contribution in [2.75, 3.05) is 23.8 Å². The predicted molar refractivity (Wildman–Crippen MR) is 87.4 cm³/mol. The molecule has 0 aliphatic heterocycles. The van der Waals surface area contributed by atoms with E-state index in [1.807, 2.05) is 38.1 Å². The second kappa shape index (κ2) is 7.71. The van der Waals surface area contributed by atoms with Gasteiger partial charge in [0.1, 0.15) is 0 Å². The molecule has 2 N–H and O–H groups in total. The number of nitrogen functional groups attached to an aromatic ring is 1. The third-order valence-electron chi connectivity index (χ3n) is 2.73. The molecule has 0 aliphatic carbocycles. The SMILES string of the molecule is C=CCN(C(C)C)S(=O)(=O)CCSc1ccc(N)cc1. The lowest BCUT2D eigenvalue weighted by atomic mass is 10.3. The lowest BCUT2D eigenvalue weighted by Crippen LogP contribution is -2.39. The van der Waals surface area contributed by atoms with E-state index in [1.54, 1.807) is 6.08 Å². The molecule has 0 heterocycles. The van der Waals surface area contributed by atoms with Crippen LogP contribution in [0.15, 0.2) is 41.8 Å². The molecule has 0 amide bonds. The Hall–Kier alpha value is -0.980. The summed E-state index contributed by atoms with van der Waals surface area (Å²) < 4.78 is 26.0. The van der Waals surface area contributed by atoms with Gasteiger partial charge < -0.3 is 5.73 Å². The molecule has 20 heavy (non-hydrogen) atoms. The van der Waals surface area contributed by atoms with Gasteiger partial charge in [-0.15, -0.1) is 18.3 Å². The number of hydrogen-bond acceptors (Lipinski definition) is 4. The van der Waals surface area contributed by atoms with Crippen LogP contribution < -0.4 is 5.73 Å². The van der Waals surface area contributed by atoms with E-state index in [0.717, 1.165) is 4.90 Å². The summed E-state index contributed by atoms with van der Waals surface area (Å²) in [6.07, 6.45) is 1.62. The summed E-state index contributed by atoms with van der Waals surface area (Å²) >= 11 is 1.52. The minimum Gasteiger partial charge on any atom is -0.399 e. The highest BCUT2D eigenvalue weighted by Crippen LogP contribution is 2.20. The smallest absolute Gasteiger partial charge is 0.215 e. The van der Waals surface area contributed by atoms with E-state index >= 15 is 0 Å². The average Bonchev–Trinajstić information content (AvgIpc) is 2.37. The molecular weight excluding hydrogens is 292 g/mol. The molecule has 0 fully saturated rings. The zero-order chi connectivity index (χ0) is 15.2. The maximum atomic E-state index is 12.3. The first kappa shape index (κ1) is 17.1. The molecule has 4 nitrogen and oxygen atoms in total. The Morgan fingerprint density at radius 2 is 1.95 bits per heavy atom. The molecule has 1 aromatic rings. The van der Waals surface area contributed by atoms with Crippen molar-refractivity contribution in [3.63, 3.8) is 0 Å². The maximum Gasteiger partial charge on any atom is 0.215 e. The summed E-state index contributed by atoms with van der Waals surface area (Å²) in [5.74, 6) is 0.640. The van der Waals surface area contributed by atoms with E-state index < -0.39 is 10.0 Å². The highest BCUT2D eigenvalue weighted by atomic mass is 32.2. The third kappa shape index (κ3) is 5.19. The van der Waals surface area contributed by atoms with Crippen molar-refractivity contribution in [1.29, 1.82) is 0 Å². The molecule has 1 aromatic carbocycles. The Kier molecular flexibility index (Phi) is 6.58. The van der Waals surface area contributed by atoms with Gasteiger partial charge in [-0.1, -0.05) is 6.08 Å². The second-order valence-electron chi connectivity index (χ2n) is 4.69. The van der Waals surface area contributed by atoms with Crippen LogP contribution in [-0.4, -0.2) is 36.8 Å². The molecule has 0 bridgehead atoms. The summed E-state index contributed by atoms with van der Waals surface area (Å²) in [6, 6.07) is 7.37. The summed E-state index contributed by atoms with van der Waals surface area (Å²) in [6.45, 7) is 7.70. The molecule has 0 aliphatic rings. The van der Waals surface area contributed by atoms with Crippen molar-refractivity contribution in [3.05, 3.63) is 36.9 Å². The summed E-state index contributed by atoms with van der Waals surface area (Å²) in [5, 5.41) is 0. The van der Waals surface area contributed by atoms with Crippen LogP contribution in [-0.2, 0) is 10.0 Å². The van der Waals surface area contributed by atoms with Crippen LogP contribution in [0.3, 0.4) is 0 Å². The molecule has 0 unspecified atom stereocenters. The van der Waals surface area contributed by atoms with Gasteiger partial charge in [-0.05, 0) is 38.1 Å². The Balaban J connectivity index is 2.58. The Labute approximate surface area is 126 Å². The van der Waals surface area contributed by atoms with Gasteiger partial charge in [-0.3, -0.25) is 0 Å². The number of nitrogens with zero attached hydrogens (tertiary/aromatic N) is 1. The highest BCUT2D eigenvalue weighted by Gasteiger charge is 2.23. The highest BCUT2D eigenvalue weighted by molar-refractivity contribution is 8.00. The monoisotopic (exact) mass is 314 g/mol. The van der Waals surface area contributed by atoms with Crippen LogP contribution >= 0.6 is 11.8 Å². The Morgan fingerprint density at radius 3 is 2.45 bits per heavy atom. The standard InChI is InChI=1S/C14H22N2O2S2/c1-4-9-16(12(2)3)20(17,18)11-10-19-14-7-5-13(15)6-8-14/h4-8,12H,1,9-11,15H2,2-3H3. The topological polar surface area (TPSA) is 63.4 Å². The van der Waals surface area contributed by atoms with E-state index in [2.05, 4.69) is 6.58 Å². The molecule has 112 valence electrons. The molecule has 0 atom stereocenters. The second-order valence-corrected chi connectivity index (χ2v) is 7.90. The minimum absolute atomic E-state index is 0.0560. The van der Waals surface area contributed by atoms with Gasteiger partial charge in [0.2, 0.25) is 10.0 Å². The van der Waals surface area contributed by atoms with Gasteiger partial charge in [0.05, 0.1) is 5.75 Å². The number of hydrogen-bond donors (Lipinski definition) is 1. The lowest BCUT2D eigenvalue weighted by molar-refractivity contribution is 0.384. The zero-order valence-corrected chi connectivity index (χ0v) is 13.6. The van der Waals surface area contributed by atoms with Crippen molar-refractivity contribution >= 4 is 27.5 Å².